The van der Waals surface area contributed by atoms with Gasteiger partial charge in [-0.2, -0.15) is 11.3 Å². The number of nitrogens with zero attached hydrogens (tertiary/aromatic N) is 1. The minimum atomic E-state index is -3.01. The van der Waals surface area contributed by atoms with Gasteiger partial charge in [0.2, 0.25) is 0 Å². The molecule has 0 radical (unpaired) electrons. The van der Waals surface area contributed by atoms with Gasteiger partial charge in [0.05, 0.1) is 18.1 Å². The summed E-state index contributed by atoms with van der Waals surface area (Å²) in [7, 11) is -3.01. The Balaban J connectivity index is 2.19. The number of hydrogen-bond donors (Lipinski definition) is 1. The highest BCUT2D eigenvalue weighted by atomic mass is 32.2. The second-order valence-corrected chi connectivity index (χ2v) is 7.86. The van der Waals surface area contributed by atoms with Crippen LogP contribution in [0.15, 0.2) is 16.8 Å². The molecule has 7 heteroatoms. The normalized spacial score (nSPS) is 23.6. The number of carboxylic acid groups (broad SMARTS) is 1. The van der Waals surface area contributed by atoms with Crippen molar-refractivity contribution >= 4 is 27.1 Å². The van der Waals surface area contributed by atoms with E-state index in [0.29, 0.717) is 6.42 Å². The van der Waals surface area contributed by atoms with Gasteiger partial charge in [0.25, 0.3) is 0 Å². The first kappa shape index (κ1) is 14.5. The van der Waals surface area contributed by atoms with Crippen LogP contribution >= 0.6 is 11.3 Å². The van der Waals surface area contributed by atoms with Gasteiger partial charge in [0, 0.05) is 12.1 Å². The molecule has 0 spiro atoms. The predicted octanol–water partition coefficient (Wildman–Crippen LogP) is 1.38. The Bertz CT molecular complexity index is 538. The number of carboxylic acids is 1. The fourth-order valence-electron chi connectivity index (χ4n) is 2.48. The van der Waals surface area contributed by atoms with Crippen molar-refractivity contribution < 1.29 is 18.3 Å². The molecule has 0 amide bonds. The van der Waals surface area contributed by atoms with E-state index < -0.39 is 15.8 Å². The Morgan fingerprint density at radius 2 is 2.37 bits per heavy atom. The summed E-state index contributed by atoms with van der Waals surface area (Å²) in [5.41, 5.74) is 1.04. The molecule has 0 saturated carbocycles. The van der Waals surface area contributed by atoms with Crippen LogP contribution in [0.4, 0.5) is 0 Å². The number of hydrogen-bond acceptors (Lipinski definition) is 5. The molecular formula is C12H17NO4S2. The van der Waals surface area contributed by atoms with Gasteiger partial charge in [0.1, 0.15) is 0 Å². The van der Waals surface area contributed by atoms with Crippen molar-refractivity contribution in [1.29, 1.82) is 0 Å². The highest BCUT2D eigenvalue weighted by Gasteiger charge is 2.35. The molecule has 0 bridgehead atoms. The molecule has 2 heterocycles. The largest absolute Gasteiger partial charge is 0.480 e. The first-order chi connectivity index (χ1) is 8.89. The Kier molecular flexibility index (Phi) is 4.27. The minimum absolute atomic E-state index is 0.0642. The van der Waals surface area contributed by atoms with Gasteiger partial charge < -0.3 is 5.11 Å². The molecule has 1 aromatic heterocycles. The summed E-state index contributed by atoms with van der Waals surface area (Å²) >= 11 is 1.55. The van der Waals surface area contributed by atoms with Crippen molar-refractivity contribution in [3.63, 3.8) is 0 Å². The fourth-order valence-corrected chi connectivity index (χ4v) is 4.97. The lowest BCUT2D eigenvalue weighted by Crippen LogP contribution is -2.41. The molecular weight excluding hydrogens is 286 g/mol. The molecule has 106 valence electrons. The molecule has 2 rings (SSSR count). The Morgan fingerprint density at radius 3 is 2.84 bits per heavy atom. The summed E-state index contributed by atoms with van der Waals surface area (Å²) in [6.45, 7) is 1.80. The maximum atomic E-state index is 11.6. The van der Waals surface area contributed by atoms with Gasteiger partial charge in [-0.1, -0.05) is 0 Å². The van der Waals surface area contributed by atoms with Crippen LogP contribution < -0.4 is 0 Å². The van der Waals surface area contributed by atoms with Gasteiger partial charge in [-0.05, 0) is 35.7 Å². The summed E-state index contributed by atoms with van der Waals surface area (Å²) in [6.07, 6.45) is 0.518. The molecule has 19 heavy (non-hydrogen) atoms. The van der Waals surface area contributed by atoms with E-state index in [1.54, 1.807) is 16.2 Å². The molecule has 1 aliphatic rings. The van der Waals surface area contributed by atoms with Gasteiger partial charge in [-0.3, -0.25) is 9.69 Å². The zero-order valence-corrected chi connectivity index (χ0v) is 12.3. The standard InChI is InChI=1S/C12H17NO4S2/c1-9(10-2-4-18-7-10)13(6-12(14)15)11-3-5-19(16,17)8-11/h2,4,7,9,11H,3,5-6,8H2,1H3,(H,14,15). The lowest BCUT2D eigenvalue weighted by Gasteiger charge is -2.32. The van der Waals surface area contributed by atoms with Crippen LogP contribution in [0.3, 0.4) is 0 Å². The highest BCUT2D eigenvalue weighted by Crippen LogP contribution is 2.28. The predicted molar refractivity (Wildman–Crippen MR) is 74.1 cm³/mol. The molecule has 1 aromatic rings. The Morgan fingerprint density at radius 1 is 1.63 bits per heavy atom. The number of aliphatic carboxylic acids is 1. The zero-order valence-electron chi connectivity index (χ0n) is 10.7. The molecule has 2 atom stereocenters. The van der Waals surface area contributed by atoms with Crippen LogP contribution in [-0.4, -0.2) is 48.5 Å². The van der Waals surface area contributed by atoms with E-state index in [2.05, 4.69) is 0 Å². The first-order valence-corrected chi connectivity index (χ1v) is 8.85. The van der Waals surface area contributed by atoms with E-state index in [4.69, 9.17) is 5.11 Å². The third-order valence-corrected chi connectivity index (χ3v) is 5.97. The van der Waals surface area contributed by atoms with Crippen molar-refractivity contribution in [2.24, 2.45) is 0 Å². The molecule has 0 aliphatic carbocycles. The van der Waals surface area contributed by atoms with Crippen LogP contribution in [0, 0.1) is 0 Å². The van der Waals surface area contributed by atoms with Crippen LogP contribution in [-0.2, 0) is 14.6 Å². The third kappa shape index (κ3) is 3.55. The van der Waals surface area contributed by atoms with Crippen molar-refractivity contribution in [2.75, 3.05) is 18.1 Å². The topological polar surface area (TPSA) is 74.7 Å². The van der Waals surface area contributed by atoms with Gasteiger partial charge in [-0.15, -0.1) is 0 Å². The quantitative estimate of drug-likeness (QED) is 0.889. The minimum Gasteiger partial charge on any atom is -0.480 e. The molecule has 2 unspecified atom stereocenters. The number of rotatable bonds is 5. The Hall–Kier alpha value is -0.920. The van der Waals surface area contributed by atoms with Gasteiger partial charge in [0.15, 0.2) is 9.84 Å². The fraction of sp³-hybridized carbons (Fsp3) is 0.583. The molecule has 1 N–H and O–H groups in total. The van der Waals surface area contributed by atoms with Gasteiger partial charge >= 0.3 is 5.97 Å². The van der Waals surface area contributed by atoms with Crippen molar-refractivity contribution in [2.45, 2.75) is 25.4 Å². The van der Waals surface area contributed by atoms with Crippen LogP contribution in [0.25, 0.3) is 0 Å². The number of sulfone groups is 1. The summed E-state index contributed by atoms with van der Waals surface area (Å²) in [5.74, 6) is -0.704. The molecule has 1 aliphatic heterocycles. The van der Waals surface area contributed by atoms with E-state index in [1.807, 2.05) is 23.8 Å². The summed E-state index contributed by atoms with van der Waals surface area (Å²) in [6, 6.07) is 1.67. The van der Waals surface area contributed by atoms with E-state index >= 15 is 0 Å². The molecule has 1 fully saturated rings. The van der Waals surface area contributed by atoms with E-state index in [-0.39, 0.29) is 30.1 Å². The first-order valence-electron chi connectivity index (χ1n) is 6.09. The Labute approximate surface area is 116 Å². The molecule has 5 nitrogen and oxygen atoms in total. The van der Waals surface area contributed by atoms with Crippen LogP contribution in [0.2, 0.25) is 0 Å². The zero-order chi connectivity index (χ0) is 14.0. The summed E-state index contributed by atoms with van der Waals surface area (Å²) in [4.78, 5) is 12.8. The second-order valence-electron chi connectivity index (χ2n) is 4.86. The number of thiophene rings is 1. The average molecular weight is 303 g/mol. The van der Waals surface area contributed by atoms with Crippen molar-refractivity contribution in [1.82, 2.24) is 4.90 Å². The monoisotopic (exact) mass is 303 g/mol. The maximum absolute atomic E-state index is 11.6. The van der Waals surface area contributed by atoms with E-state index in [0.717, 1.165) is 5.56 Å². The SMILES string of the molecule is CC(c1ccsc1)N(CC(=O)O)C1CCS(=O)(=O)C1. The van der Waals surface area contributed by atoms with Crippen LogP contribution in [0.5, 0.6) is 0 Å². The average Bonchev–Trinajstić information content (AvgIpc) is 2.94. The third-order valence-electron chi connectivity index (χ3n) is 3.52. The van der Waals surface area contributed by atoms with Gasteiger partial charge in [-0.25, -0.2) is 8.42 Å². The summed E-state index contributed by atoms with van der Waals surface area (Å²) < 4.78 is 23.1. The second kappa shape index (κ2) is 5.60. The summed E-state index contributed by atoms with van der Waals surface area (Å²) in [5, 5.41) is 12.9. The molecule has 1 saturated heterocycles. The molecule has 0 aromatic carbocycles. The smallest absolute Gasteiger partial charge is 0.317 e. The van der Waals surface area contributed by atoms with Crippen molar-refractivity contribution in [3.05, 3.63) is 22.4 Å². The number of carbonyl (C=O) groups is 1. The van der Waals surface area contributed by atoms with E-state index in [9.17, 15) is 13.2 Å². The van der Waals surface area contributed by atoms with Crippen molar-refractivity contribution in [3.8, 4) is 0 Å². The lowest BCUT2D eigenvalue weighted by atomic mass is 10.1. The maximum Gasteiger partial charge on any atom is 0.317 e. The van der Waals surface area contributed by atoms with E-state index in [1.165, 1.54) is 0 Å². The highest BCUT2D eigenvalue weighted by molar-refractivity contribution is 7.91. The lowest BCUT2D eigenvalue weighted by molar-refractivity contribution is -0.139. The van der Waals surface area contributed by atoms with Crippen LogP contribution in [0.1, 0.15) is 24.9 Å².